The molecule has 5 amide bonds. The van der Waals surface area contributed by atoms with Crippen molar-refractivity contribution in [3.63, 3.8) is 0 Å². The molecule has 350 valence electrons. The molecule has 0 aromatic heterocycles. The van der Waals surface area contributed by atoms with Crippen LogP contribution in [0.2, 0.25) is 0 Å². The highest BCUT2D eigenvalue weighted by atomic mass is 16.7. The fourth-order valence-corrected chi connectivity index (χ4v) is 9.33. The summed E-state index contributed by atoms with van der Waals surface area (Å²) in [5, 5.41) is 27.6. The highest BCUT2D eigenvalue weighted by Crippen LogP contribution is 2.65. The van der Waals surface area contributed by atoms with Gasteiger partial charge in [-0.2, -0.15) is 0 Å². The summed E-state index contributed by atoms with van der Waals surface area (Å²) in [5.74, 6) is -2.32. The van der Waals surface area contributed by atoms with Crippen LogP contribution in [0, 0.1) is 17.3 Å². The van der Waals surface area contributed by atoms with Crippen molar-refractivity contribution >= 4 is 36.7 Å². The Morgan fingerprint density at radius 1 is 0.705 bits per heavy atom. The molecule has 4 fully saturated rings. The molecule has 4 rings (SSSR count). The molecule has 4 aliphatic rings. The number of rotatable bonds is 31. The lowest BCUT2D eigenvalue weighted by molar-refractivity contribution is -0.199. The van der Waals surface area contributed by atoms with E-state index in [9.17, 15) is 29.1 Å². The van der Waals surface area contributed by atoms with Gasteiger partial charge < -0.3 is 57.8 Å². The van der Waals surface area contributed by atoms with E-state index in [0.29, 0.717) is 63.6 Å². The molecule has 3 saturated carbocycles. The molecular formula is C44H83BN8O8. The zero-order valence-corrected chi connectivity index (χ0v) is 38.6. The van der Waals surface area contributed by atoms with E-state index in [1.807, 2.05) is 6.92 Å². The Balaban J connectivity index is 1.51. The average molecular weight is 863 g/mol. The van der Waals surface area contributed by atoms with Crippen LogP contribution in [0.15, 0.2) is 0 Å². The Hall–Kier alpha value is -2.83. The number of amides is 5. The minimum atomic E-state index is -1.43. The van der Waals surface area contributed by atoms with Gasteiger partial charge in [0, 0.05) is 13.0 Å². The number of carbonyl (C=O) groups is 5. The van der Waals surface area contributed by atoms with E-state index in [2.05, 4.69) is 59.6 Å². The van der Waals surface area contributed by atoms with Crippen molar-refractivity contribution in [3.05, 3.63) is 0 Å². The summed E-state index contributed by atoms with van der Waals surface area (Å²) in [6, 6.07) is -4.45. The van der Waals surface area contributed by atoms with Crippen molar-refractivity contribution < 1.29 is 38.4 Å². The summed E-state index contributed by atoms with van der Waals surface area (Å²) in [4.78, 5) is 67.1. The Morgan fingerprint density at radius 3 is 1.89 bits per heavy atom. The molecular weight excluding hydrogens is 779 g/mol. The first-order chi connectivity index (χ1) is 29.0. The summed E-state index contributed by atoms with van der Waals surface area (Å²) in [6.07, 6.45) is 13.6. The van der Waals surface area contributed by atoms with E-state index in [1.54, 1.807) is 0 Å². The van der Waals surface area contributed by atoms with Crippen LogP contribution >= 0.6 is 0 Å². The molecule has 0 aromatic carbocycles. The van der Waals surface area contributed by atoms with Crippen LogP contribution in [0.4, 0.5) is 0 Å². The molecule has 10 atom stereocenters. The van der Waals surface area contributed by atoms with Gasteiger partial charge in [0.15, 0.2) is 0 Å². The second-order valence-electron chi connectivity index (χ2n) is 18.8. The van der Waals surface area contributed by atoms with Crippen molar-refractivity contribution in [2.75, 3.05) is 26.2 Å². The van der Waals surface area contributed by atoms with Crippen molar-refractivity contribution in [2.45, 2.75) is 206 Å². The average Bonchev–Trinajstić information content (AvgIpc) is 3.58. The third-order valence-corrected chi connectivity index (χ3v) is 13.5. The first-order valence-electron chi connectivity index (χ1n) is 23.6. The number of carbonyl (C=O) groups excluding carboxylic acids is 5. The minimum absolute atomic E-state index is 0.0456. The molecule has 17 heteroatoms. The summed E-state index contributed by atoms with van der Waals surface area (Å²) in [6.45, 7) is 15.7. The smallest absolute Gasteiger partial charge is 0.404 e. The largest absolute Gasteiger partial charge is 0.481 e. The summed E-state index contributed by atoms with van der Waals surface area (Å²) < 4.78 is 12.9. The maximum absolute atomic E-state index is 13.7. The van der Waals surface area contributed by atoms with Gasteiger partial charge >= 0.3 is 7.12 Å². The fourth-order valence-electron chi connectivity index (χ4n) is 9.33. The molecule has 1 heterocycles. The number of nitrogens with one attached hydrogen (secondary N) is 6. The van der Waals surface area contributed by atoms with Gasteiger partial charge in [-0.05, 0) is 122 Å². The van der Waals surface area contributed by atoms with Gasteiger partial charge in [0.05, 0.1) is 23.8 Å². The number of aliphatic hydroxyl groups is 1. The zero-order chi connectivity index (χ0) is 45.2. The normalized spacial score (nSPS) is 24.2. The zero-order valence-electron chi connectivity index (χ0n) is 38.6. The van der Waals surface area contributed by atoms with Crippen LogP contribution < -0.4 is 43.4 Å². The SMILES string of the molecule is CCCCCCCCCCNCCC(=O)N[C@@H](CCCCN)C(=O)N[C@H](C(=O)N[C@@H](C)C(=O)N[C@@H](CCCCN)C(=O)N[C@@H](C)B1O[C@@H]2C[C@@H]3C[C@@H](C3(C)C)[C@]2(C)O1)[C@@H](C)O. The van der Waals surface area contributed by atoms with Crippen molar-refractivity contribution in [2.24, 2.45) is 28.7 Å². The van der Waals surface area contributed by atoms with Gasteiger partial charge in [0.2, 0.25) is 29.5 Å². The van der Waals surface area contributed by atoms with Crippen molar-refractivity contribution in [1.29, 1.82) is 0 Å². The van der Waals surface area contributed by atoms with Gasteiger partial charge in [-0.25, -0.2) is 0 Å². The molecule has 16 nitrogen and oxygen atoms in total. The summed E-state index contributed by atoms with van der Waals surface area (Å²) >= 11 is 0. The molecule has 0 radical (unpaired) electrons. The Labute approximate surface area is 366 Å². The lowest BCUT2D eigenvalue weighted by Gasteiger charge is -2.64. The molecule has 1 saturated heterocycles. The monoisotopic (exact) mass is 863 g/mol. The predicted molar refractivity (Wildman–Crippen MR) is 239 cm³/mol. The molecule has 3 aliphatic carbocycles. The number of hydrogen-bond donors (Lipinski definition) is 9. The third kappa shape index (κ3) is 15.7. The first-order valence-corrected chi connectivity index (χ1v) is 23.6. The first kappa shape index (κ1) is 52.5. The molecule has 0 unspecified atom stereocenters. The number of unbranched alkanes of at least 4 members (excludes halogenated alkanes) is 9. The topological polar surface area (TPSA) is 248 Å². The number of aliphatic hydroxyl groups excluding tert-OH is 1. The lowest BCUT2D eigenvalue weighted by Crippen LogP contribution is -2.65. The van der Waals surface area contributed by atoms with Gasteiger partial charge in [0.25, 0.3) is 0 Å². The van der Waals surface area contributed by atoms with E-state index in [-0.39, 0.29) is 30.3 Å². The molecule has 11 N–H and O–H groups in total. The summed E-state index contributed by atoms with van der Waals surface area (Å²) in [5.41, 5.74) is 11.2. The van der Waals surface area contributed by atoms with E-state index >= 15 is 0 Å². The molecule has 0 aromatic rings. The lowest BCUT2D eigenvalue weighted by atomic mass is 9.43. The second-order valence-corrected chi connectivity index (χ2v) is 18.8. The molecule has 1 aliphatic heterocycles. The molecule has 0 spiro atoms. The molecule has 61 heavy (non-hydrogen) atoms. The van der Waals surface area contributed by atoms with Crippen LogP contribution in [0.25, 0.3) is 0 Å². The predicted octanol–water partition coefficient (Wildman–Crippen LogP) is 2.48. The Morgan fingerprint density at radius 2 is 1.30 bits per heavy atom. The Bertz CT molecular complexity index is 1390. The van der Waals surface area contributed by atoms with Crippen LogP contribution in [-0.4, -0.2) is 116 Å². The highest BCUT2D eigenvalue weighted by molar-refractivity contribution is 6.47. The quantitative estimate of drug-likeness (QED) is 0.0362. The number of nitrogens with two attached hydrogens (primary N) is 2. The van der Waals surface area contributed by atoms with Crippen LogP contribution in [-0.2, 0) is 33.3 Å². The van der Waals surface area contributed by atoms with Crippen LogP contribution in [0.5, 0.6) is 0 Å². The van der Waals surface area contributed by atoms with Crippen molar-refractivity contribution in [1.82, 2.24) is 31.9 Å². The van der Waals surface area contributed by atoms with E-state index in [1.165, 1.54) is 52.4 Å². The van der Waals surface area contributed by atoms with Gasteiger partial charge in [-0.15, -0.1) is 0 Å². The fraction of sp³-hybridized carbons (Fsp3) is 0.886. The van der Waals surface area contributed by atoms with E-state index < -0.39 is 72.6 Å². The maximum atomic E-state index is 13.7. The molecule has 2 bridgehead atoms. The van der Waals surface area contributed by atoms with E-state index in [4.69, 9.17) is 20.8 Å². The van der Waals surface area contributed by atoms with Gasteiger partial charge in [0.1, 0.15) is 24.2 Å². The van der Waals surface area contributed by atoms with E-state index in [0.717, 1.165) is 32.2 Å². The van der Waals surface area contributed by atoms with Gasteiger partial charge in [-0.1, -0.05) is 65.7 Å². The van der Waals surface area contributed by atoms with Gasteiger partial charge in [-0.3, -0.25) is 24.0 Å². The third-order valence-electron chi connectivity index (χ3n) is 13.5. The van der Waals surface area contributed by atoms with Crippen LogP contribution in [0.1, 0.15) is 158 Å². The second kappa shape index (κ2) is 26.1. The van der Waals surface area contributed by atoms with Crippen molar-refractivity contribution in [3.8, 4) is 0 Å². The summed E-state index contributed by atoms with van der Waals surface area (Å²) in [7, 11) is -0.639. The minimum Gasteiger partial charge on any atom is -0.404 e. The Kier molecular flexibility index (Phi) is 22.5. The maximum Gasteiger partial charge on any atom is 0.481 e. The highest BCUT2D eigenvalue weighted by Gasteiger charge is 2.68. The standard InChI is InChI=1S/C44H83BN8O8/c1-8-9-10-11-12-13-14-19-25-48-26-22-37(55)51-33(20-15-17-23-46)41(58)53-38(30(3)54)42(59)49-29(2)39(56)52-34(21-16-18-24-47)40(57)50-31(4)45-60-36-28-32-27-35(43(32,5)6)44(36,7)61-45/h29-36,38,48,54H,8-28,46-47H2,1-7H3,(H,49,59)(H,50,57)(H,51,55)(H,52,56)(H,53,58)/t29-,30+,31-,32-,33-,34-,35-,36+,38-,44-/m0/s1. The van der Waals surface area contributed by atoms with Crippen LogP contribution in [0.3, 0.4) is 0 Å². The number of hydrogen-bond acceptors (Lipinski definition) is 11.